The molecule has 1 aliphatic rings. The number of nitrogens with zero attached hydrogens (tertiary/aromatic N) is 4. The van der Waals surface area contributed by atoms with Gasteiger partial charge in [-0.25, -0.2) is 28.6 Å². The van der Waals surface area contributed by atoms with Crippen molar-refractivity contribution in [2.24, 2.45) is 29.1 Å². The fourth-order valence-corrected chi connectivity index (χ4v) is 11.2. The number of carbonyl (C=O) groups is 3. The van der Waals surface area contributed by atoms with Gasteiger partial charge in [-0.15, -0.1) is 0 Å². The summed E-state index contributed by atoms with van der Waals surface area (Å²) >= 11 is 1.16. The predicted octanol–water partition coefficient (Wildman–Crippen LogP) is 5.13. The van der Waals surface area contributed by atoms with Crippen molar-refractivity contribution in [1.82, 2.24) is 30.2 Å². The second-order valence-electron chi connectivity index (χ2n) is 19.0. The molecular formula is C41H74N7O17P3S. The third kappa shape index (κ3) is 22.1. The number of nitrogens with one attached hydrogen (secondary N) is 2. The minimum atomic E-state index is -5.58. The van der Waals surface area contributed by atoms with Gasteiger partial charge in [-0.1, -0.05) is 118 Å². The van der Waals surface area contributed by atoms with Crippen LogP contribution in [0.1, 0.15) is 125 Å². The molecule has 0 aromatic carbocycles. The number of phosphoric ester groups is 3. The van der Waals surface area contributed by atoms with Crippen LogP contribution in [0.4, 0.5) is 5.82 Å². The van der Waals surface area contributed by atoms with Gasteiger partial charge in [0, 0.05) is 37.1 Å². The first-order valence-electron chi connectivity index (χ1n) is 23.1. The Labute approximate surface area is 407 Å². The maximum absolute atomic E-state index is 12.8. The number of imidazole rings is 1. The second-order valence-corrected chi connectivity index (χ2v) is 24.4. The number of aliphatic hydroxyl groups is 2. The number of nitrogen functional groups attached to an aromatic ring is 1. The van der Waals surface area contributed by atoms with Crippen LogP contribution < -0.4 is 16.4 Å². The number of aromatic nitrogens is 4. The van der Waals surface area contributed by atoms with Gasteiger partial charge in [0.05, 0.1) is 19.5 Å². The van der Waals surface area contributed by atoms with Gasteiger partial charge < -0.3 is 50.9 Å². The van der Waals surface area contributed by atoms with Crippen LogP contribution >= 0.6 is 35.2 Å². The largest absolute Gasteiger partial charge is 0.481 e. The van der Waals surface area contributed by atoms with Gasteiger partial charge in [0.15, 0.2) is 22.8 Å². The molecule has 69 heavy (non-hydrogen) atoms. The Hall–Kier alpha value is -2.44. The van der Waals surface area contributed by atoms with E-state index in [1.165, 1.54) is 52.4 Å². The highest BCUT2D eigenvalue weighted by Gasteiger charge is 2.50. The zero-order valence-corrected chi connectivity index (χ0v) is 44.0. The third-order valence-electron chi connectivity index (χ3n) is 11.5. The molecule has 1 fully saturated rings. The number of thioether (sulfide) groups is 1. The summed E-state index contributed by atoms with van der Waals surface area (Å²) < 4.78 is 62.5. The number of rotatable bonds is 33. The summed E-state index contributed by atoms with van der Waals surface area (Å²) in [4.78, 5) is 88.9. The van der Waals surface area contributed by atoms with E-state index in [0.717, 1.165) is 60.1 Å². The molecule has 2 amide bonds. The minimum absolute atomic E-state index is 0.0332. The fraction of sp³-hybridized carbons (Fsp3) is 0.805. The Morgan fingerprint density at radius 3 is 2.07 bits per heavy atom. The van der Waals surface area contributed by atoms with E-state index in [-0.39, 0.29) is 47.5 Å². The molecule has 0 bridgehead atoms. The molecule has 10 atom stereocenters. The van der Waals surface area contributed by atoms with E-state index in [2.05, 4.69) is 69.0 Å². The quantitative estimate of drug-likeness (QED) is 0.0330. The van der Waals surface area contributed by atoms with Crippen LogP contribution in [0.25, 0.3) is 11.2 Å². The molecule has 2 aromatic rings. The highest BCUT2D eigenvalue weighted by Crippen LogP contribution is 2.61. The topological polar surface area (TPSA) is 364 Å². The molecule has 1 aliphatic heterocycles. The Morgan fingerprint density at radius 1 is 0.870 bits per heavy atom. The molecule has 2 aromatic heterocycles. The van der Waals surface area contributed by atoms with Gasteiger partial charge in [0.25, 0.3) is 0 Å². The number of anilines is 1. The first-order chi connectivity index (χ1) is 32.1. The standard InChI is InChI=1S/C41H74N7O17P3S/c1-26(2)11-8-12-27(3)13-9-14-28(4)15-10-16-29(5)21-32(50)69-20-19-43-31(49)17-18-44-39(53)36(52)41(6,7)23-62-68(59,60)65-67(57,58)61-22-30-35(64-66(54,55)56)34(51)40(63-30)48-25-47-33-37(42)45-24-46-38(33)48/h24-30,34-36,40,51-52H,8-23H2,1-7H3,(H,43,49)(H,44,53)(H,57,58)(H,59,60)(H2,42,45,46)(H2,54,55,56)/t27?,28?,29?,30-,34+,35?,36+,40-/m1/s1. The smallest absolute Gasteiger partial charge is 0.386 e. The van der Waals surface area contributed by atoms with Gasteiger partial charge in [-0.05, 0) is 23.7 Å². The van der Waals surface area contributed by atoms with Gasteiger partial charge in [-0.2, -0.15) is 4.31 Å². The maximum atomic E-state index is 12.8. The second kappa shape index (κ2) is 28.1. The average Bonchev–Trinajstić information content (AvgIpc) is 3.80. The summed E-state index contributed by atoms with van der Waals surface area (Å²) in [6, 6.07) is 0. The lowest BCUT2D eigenvalue weighted by Crippen LogP contribution is -2.46. The number of aliphatic hydroxyl groups excluding tert-OH is 2. The van der Waals surface area contributed by atoms with Crippen molar-refractivity contribution < 1.29 is 80.5 Å². The zero-order chi connectivity index (χ0) is 51.7. The van der Waals surface area contributed by atoms with E-state index in [4.69, 9.17) is 19.5 Å². The van der Waals surface area contributed by atoms with Gasteiger partial charge >= 0.3 is 23.5 Å². The van der Waals surface area contributed by atoms with Crippen LogP contribution in [0.2, 0.25) is 0 Å². The molecule has 3 heterocycles. The molecule has 6 unspecified atom stereocenters. The first-order valence-corrected chi connectivity index (χ1v) is 28.6. The van der Waals surface area contributed by atoms with Crippen molar-refractivity contribution in [1.29, 1.82) is 0 Å². The molecule has 3 rings (SSSR count). The lowest BCUT2D eigenvalue weighted by Gasteiger charge is -2.30. The van der Waals surface area contributed by atoms with E-state index in [0.29, 0.717) is 18.1 Å². The molecule has 396 valence electrons. The highest BCUT2D eigenvalue weighted by molar-refractivity contribution is 8.13. The van der Waals surface area contributed by atoms with Crippen molar-refractivity contribution in [2.45, 2.75) is 150 Å². The van der Waals surface area contributed by atoms with E-state index in [9.17, 15) is 57.9 Å². The van der Waals surface area contributed by atoms with Crippen molar-refractivity contribution in [3.8, 4) is 0 Å². The zero-order valence-electron chi connectivity index (χ0n) is 40.5. The number of hydrogen-bond donors (Lipinski definition) is 9. The molecule has 0 aliphatic carbocycles. The number of ether oxygens (including phenoxy) is 1. The Morgan fingerprint density at radius 2 is 1.46 bits per heavy atom. The Bertz CT molecular complexity index is 2100. The number of nitrogens with two attached hydrogens (primary N) is 1. The fourth-order valence-electron chi connectivity index (χ4n) is 7.53. The van der Waals surface area contributed by atoms with Crippen LogP contribution in [0.5, 0.6) is 0 Å². The Balaban J connectivity index is 1.33. The van der Waals surface area contributed by atoms with Crippen LogP contribution in [0.15, 0.2) is 12.7 Å². The van der Waals surface area contributed by atoms with Crippen LogP contribution in [0, 0.1) is 29.1 Å². The maximum Gasteiger partial charge on any atom is 0.481 e. The number of hydrogen-bond acceptors (Lipinski definition) is 18. The summed E-state index contributed by atoms with van der Waals surface area (Å²) in [5.74, 6) is 1.45. The lowest BCUT2D eigenvalue weighted by molar-refractivity contribution is -0.137. The number of amides is 2. The van der Waals surface area contributed by atoms with E-state index in [1.54, 1.807) is 0 Å². The normalized spacial score (nSPS) is 21.4. The van der Waals surface area contributed by atoms with Crippen LogP contribution in [-0.2, 0) is 50.7 Å². The van der Waals surface area contributed by atoms with Crippen molar-refractivity contribution >= 4 is 69.1 Å². The van der Waals surface area contributed by atoms with E-state index in [1.807, 2.05) is 0 Å². The molecule has 24 nitrogen and oxygen atoms in total. The van der Waals surface area contributed by atoms with E-state index >= 15 is 0 Å². The van der Waals surface area contributed by atoms with Gasteiger partial charge in [0.2, 0.25) is 11.8 Å². The minimum Gasteiger partial charge on any atom is -0.386 e. The summed E-state index contributed by atoms with van der Waals surface area (Å²) in [6.45, 7) is 11.9. The van der Waals surface area contributed by atoms with E-state index < -0.39 is 84.6 Å². The molecule has 28 heteroatoms. The first kappa shape index (κ1) is 60.9. The molecule has 10 N–H and O–H groups in total. The molecular weight excluding hydrogens is 987 g/mol. The van der Waals surface area contributed by atoms with Gasteiger partial charge in [0.1, 0.15) is 36.3 Å². The average molecular weight is 1060 g/mol. The van der Waals surface area contributed by atoms with Crippen molar-refractivity contribution in [3.63, 3.8) is 0 Å². The van der Waals surface area contributed by atoms with Crippen LogP contribution in [0.3, 0.4) is 0 Å². The summed E-state index contributed by atoms with van der Waals surface area (Å²) in [5.41, 5.74) is 4.29. The Kier molecular flexibility index (Phi) is 24.8. The number of phosphoric acid groups is 3. The summed E-state index contributed by atoms with van der Waals surface area (Å²) in [7, 11) is -16.4. The lowest BCUT2D eigenvalue weighted by atomic mass is 9.87. The molecule has 0 spiro atoms. The van der Waals surface area contributed by atoms with Crippen molar-refractivity contribution in [3.05, 3.63) is 12.7 Å². The molecule has 1 saturated heterocycles. The monoisotopic (exact) mass is 1060 g/mol. The SMILES string of the molecule is CC(C)CCCC(C)CCCC(C)CCCC(C)CC(=O)SCCNC(=O)CCNC(=O)[C@H](O)C(C)(C)COP(=O)(O)OP(=O)(O)OC[C@H]1O[C@@H](n2cnc3c(N)ncnc32)[C@@H](O)C1OP(=O)(O)O. The summed E-state index contributed by atoms with van der Waals surface area (Å²) in [6.07, 6.45) is 4.52. The highest BCUT2D eigenvalue weighted by atomic mass is 32.2. The molecule has 0 saturated carbocycles. The third-order valence-corrected chi connectivity index (χ3v) is 15.5. The van der Waals surface area contributed by atoms with Gasteiger partial charge in [-0.3, -0.25) is 32.5 Å². The summed E-state index contributed by atoms with van der Waals surface area (Å²) in [5, 5.41) is 26.7. The number of fused-ring (bicyclic) bond motifs is 1. The predicted molar refractivity (Wildman–Crippen MR) is 256 cm³/mol. The number of carbonyl (C=O) groups excluding carboxylic acids is 3. The molecule has 0 radical (unpaired) electrons. The van der Waals surface area contributed by atoms with Crippen molar-refractivity contribution in [2.75, 3.05) is 37.8 Å². The van der Waals surface area contributed by atoms with Crippen LogP contribution in [-0.4, -0.2) is 123 Å².